The minimum Gasteiger partial charge on any atom is -0.508 e. The van der Waals surface area contributed by atoms with Crippen molar-refractivity contribution in [2.75, 3.05) is 74.4 Å². The number of aryl methyl sites for hydroxylation is 4. The fourth-order valence-corrected chi connectivity index (χ4v) is 16.0. The van der Waals surface area contributed by atoms with Crippen LogP contribution in [0.1, 0.15) is 87.9 Å². The van der Waals surface area contributed by atoms with Gasteiger partial charge >= 0.3 is 21.4 Å². The number of rotatable bonds is 4. The zero-order valence-electron chi connectivity index (χ0n) is 40.4. The molecule has 0 aromatic heterocycles. The summed E-state index contributed by atoms with van der Waals surface area (Å²) in [4.78, 5) is 11.6. The van der Waals surface area contributed by atoms with E-state index in [1.165, 1.54) is 40.5 Å². The van der Waals surface area contributed by atoms with Gasteiger partial charge in [-0.05, 0) is 151 Å². The van der Waals surface area contributed by atoms with Crippen LogP contribution in [0.5, 0.6) is 23.0 Å². The second-order valence-corrected chi connectivity index (χ2v) is 23.4. The summed E-state index contributed by atoms with van der Waals surface area (Å²) >= 11 is 0. The van der Waals surface area contributed by atoms with E-state index < -0.39 is 15.4 Å². The maximum atomic E-state index is 12.9. The Labute approximate surface area is 410 Å². The van der Waals surface area contributed by atoms with Crippen molar-refractivity contribution in [2.24, 2.45) is 5.73 Å². The number of methoxy groups -OCH3 is 3. The molecule has 4 saturated heterocycles. The van der Waals surface area contributed by atoms with E-state index >= 15 is 0 Å². The summed E-state index contributed by atoms with van der Waals surface area (Å²) in [6.07, 6.45) is 9.42. The average Bonchev–Trinajstić information content (AvgIpc) is 3.93. The highest BCUT2D eigenvalue weighted by molar-refractivity contribution is 7.54. The number of carbonyl (C=O) groups is 1. The summed E-state index contributed by atoms with van der Waals surface area (Å²) in [5.74, 6) is 2.65. The summed E-state index contributed by atoms with van der Waals surface area (Å²) in [6.45, 7) is 3.89. The molecule has 376 valence electrons. The number of hydrogen-bond donors (Lipinski definition) is 4. The van der Waals surface area contributed by atoms with Crippen molar-refractivity contribution in [1.82, 2.24) is 14.0 Å². The molecule has 0 radical (unpaired) electrons. The van der Waals surface area contributed by atoms with Crippen LogP contribution in [-0.2, 0) is 57.9 Å². The van der Waals surface area contributed by atoms with Crippen molar-refractivity contribution >= 4 is 27.0 Å². The summed E-state index contributed by atoms with van der Waals surface area (Å²) in [5.41, 5.74) is 16.0. The molecule has 8 aliphatic rings. The van der Waals surface area contributed by atoms with Crippen LogP contribution in [0.25, 0.3) is 5.57 Å². The molecule has 0 spiro atoms. The third-order valence-corrected chi connectivity index (χ3v) is 20.1. The molecule has 4 aromatic carbocycles. The number of hydrogen-bond acceptors (Lipinski definition) is 13. The maximum absolute atomic E-state index is 12.9. The van der Waals surface area contributed by atoms with Gasteiger partial charge in [0.25, 0.3) is 0 Å². The van der Waals surface area contributed by atoms with Gasteiger partial charge in [0, 0.05) is 55.5 Å². The van der Waals surface area contributed by atoms with Crippen molar-refractivity contribution in [1.29, 1.82) is 0 Å². The van der Waals surface area contributed by atoms with Crippen LogP contribution < -0.4 is 15.2 Å². The highest BCUT2D eigenvalue weighted by Gasteiger charge is 2.53. The molecule has 5 N–H and O–H groups in total. The third-order valence-electron chi connectivity index (χ3n) is 15.3. The molecule has 4 heterocycles. The number of aromatic hydroxyl groups is 2. The zero-order valence-corrected chi connectivity index (χ0v) is 42.2. The van der Waals surface area contributed by atoms with Crippen LogP contribution in [0, 0.1) is 0 Å². The fourth-order valence-electron chi connectivity index (χ4n) is 11.6. The SMILES string of the molecule is CN1CCN2C3CCc4cc(O)ccc4C3COP12=O.COC(=O)C1=CCCc2cc(OC)ccc21.COc1ccc2c(c1)CCC(N)C2CO.O=P12OCCN1C1CCc3cc(O)ccc3C1CO2. The monoisotopic (exact) mass is 1000 g/mol. The van der Waals surface area contributed by atoms with E-state index in [1.54, 1.807) is 26.4 Å². The molecule has 70 heavy (non-hydrogen) atoms. The van der Waals surface area contributed by atoms with E-state index in [1.807, 2.05) is 83.1 Å². The van der Waals surface area contributed by atoms with Crippen LogP contribution in [-0.4, -0.2) is 128 Å². The molecule has 0 saturated carbocycles. The van der Waals surface area contributed by atoms with E-state index in [4.69, 9.17) is 33.5 Å². The molecular formula is C52H66N4O12P2. The number of fused-ring (bicyclic) bond motifs is 12. The van der Waals surface area contributed by atoms with Gasteiger partial charge in [-0.3, -0.25) is 13.6 Å². The van der Waals surface area contributed by atoms with Crippen molar-refractivity contribution in [2.45, 2.75) is 87.2 Å². The molecule has 4 aromatic rings. The number of nitrogens with two attached hydrogens (primary N) is 1. The lowest BCUT2D eigenvalue weighted by molar-refractivity contribution is -0.133. The summed E-state index contributed by atoms with van der Waals surface area (Å²) < 4.78 is 63.1. The Kier molecular flexibility index (Phi) is 15.3. The minimum absolute atomic E-state index is 0.0795. The normalized spacial score (nSPS) is 29.3. The highest BCUT2D eigenvalue weighted by atomic mass is 31.2. The molecule has 4 aliphatic carbocycles. The summed E-state index contributed by atoms with van der Waals surface area (Å²) in [5, 5.41) is 28.5. The highest BCUT2D eigenvalue weighted by Crippen LogP contribution is 2.64. The maximum Gasteiger partial charge on any atom is 0.408 e. The van der Waals surface area contributed by atoms with Crippen LogP contribution >= 0.6 is 15.4 Å². The average molecular weight is 1000 g/mol. The topological polar surface area (TPSA) is 203 Å². The third kappa shape index (κ3) is 9.85. The number of aliphatic hydroxyl groups is 1. The van der Waals surface area contributed by atoms with Crippen LogP contribution in [0.3, 0.4) is 0 Å². The van der Waals surface area contributed by atoms with Gasteiger partial charge in [0.15, 0.2) is 0 Å². The molecule has 8 unspecified atom stereocenters. The number of likely N-dealkylation sites (N-methyl/N-ethyl adjacent to an activating group) is 1. The molecule has 18 heteroatoms. The molecule has 16 nitrogen and oxygen atoms in total. The van der Waals surface area contributed by atoms with Gasteiger partial charge in [0.1, 0.15) is 23.0 Å². The van der Waals surface area contributed by atoms with Crippen molar-refractivity contribution in [3.63, 3.8) is 0 Å². The largest absolute Gasteiger partial charge is 0.508 e. The van der Waals surface area contributed by atoms with Crippen LogP contribution in [0.15, 0.2) is 78.9 Å². The number of aliphatic hydroxyl groups excluding tert-OH is 1. The van der Waals surface area contributed by atoms with Gasteiger partial charge in [-0.1, -0.05) is 30.3 Å². The van der Waals surface area contributed by atoms with E-state index in [-0.39, 0.29) is 42.4 Å². The van der Waals surface area contributed by atoms with Crippen molar-refractivity contribution in [3.05, 3.63) is 123 Å². The number of allylic oxidation sites excluding steroid dienone is 1. The zero-order chi connectivity index (χ0) is 49.3. The van der Waals surface area contributed by atoms with Crippen LogP contribution in [0.4, 0.5) is 0 Å². The predicted molar refractivity (Wildman–Crippen MR) is 265 cm³/mol. The minimum atomic E-state index is -3.00. The van der Waals surface area contributed by atoms with Gasteiger partial charge in [0.05, 0.1) is 53.3 Å². The Balaban J connectivity index is 0.000000117. The van der Waals surface area contributed by atoms with E-state index in [9.17, 15) is 29.2 Å². The first-order chi connectivity index (χ1) is 33.8. The van der Waals surface area contributed by atoms with Gasteiger partial charge in [0.2, 0.25) is 0 Å². The van der Waals surface area contributed by atoms with Crippen molar-refractivity contribution < 1.29 is 57.0 Å². The van der Waals surface area contributed by atoms with Gasteiger partial charge in [-0.25, -0.2) is 23.4 Å². The van der Waals surface area contributed by atoms with Crippen LogP contribution in [0.2, 0.25) is 0 Å². The predicted octanol–water partition coefficient (Wildman–Crippen LogP) is 7.68. The number of carbonyl (C=O) groups excluding carboxylic acids is 1. The number of ether oxygens (including phenoxy) is 3. The van der Waals surface area contributed by atoms with Gasteiger partial charge in [-0.15, -0.1) is 0 Å². The Morgan fingerprint density at radius 1 is 0.700 bits per heavy atom. The molecule has 4 fully saturated rings. The first kappa shape index (κ1) is 50.4. The van der Waals surface area contributed by atoms with E-state index in [0.717, 1.165) is 87.1 Å². The number of benzene rings is 4. The first-order valence-electron chi connectivity index (χ1n) is 24.3. The Morgan fingerprint density at radius 2 is 1.29 bits per heavy atom. The second kappa shape index (κ2) is 21.3. The lowest BCUT2D eigenvalue weighted by atomic mass is 9.79. The number of phenolic OH excluding ortho intramolecular Hbond substituents is 2. The molecule has 0 amide bonds. The Bertz CT molecular complexity index is 2700. The van der Waals surface area contributed by atoms with Gasteiger partial charge in [-0.2, -0.15) is 0 Å². The quantitative estimate of drug-likeness (QED) is 0.114. The van der Waals surface area contributed by atoms with E-state index in [0.29, 0.717) is 49.5 Å². The Hall–Kier alpha value is -4.57. The molecule has 4 aliphatic heterocycles. The van der Waals surface area contributed by atoms with E-state index in [2.05, 4.69) is 4.67 Å². The summed E-state index contributed by atoms with van der Waals surface area (Å²) in [7, 11) is 0.836. The lowest BCUT2D eigenvalue weighted by Gasteiger charge is -2.45. The lowest BCUT2D eigenvalue weighted by Crippen LogP contribution is -2.45. The molecule has 8 atom stereocenters. The van der Waals surface area contributed by atoms with Gasteiger partial charge < -0.3 is 39.8 Å². The standard InChI is InChI=1S/C14H19N2O3P.C13H16NO4P.C13H14O3.C12H17NO2/c1-15-6-7-16-14-5-2-10-8-11(17)3-4-12(10)13(14)9-19-20(15,16)18;15-10-2-3-11-9(7-10)1-4-13-12(11)8-18-19(16)14(13)5-6-17-19;1-15-10-6-7-11-9(8-10)4-3-5-12(11)13(14)16-2;1-15-9-3-4-10-8(6-9)2-5-12(13)11(10)7-14/h3-4,8,13-14,17H,2,5-7,9H2,1H3;2-3,7,12-13,15H,1,4-6,8H2;5-8H,3-4H2,1-2H3;3-4,6,11-12,14H,2,5,7,13H2,1H3. The summed E-state index contributed by atoms with van der Waals surface area (Å²) in [6, 6.07) is 23.5. The first-order valence-corrected chi connectivity index (χ1v) is 27.3. The van der Waals surface area contributed by atoms with Crippen molar-refractivity contribution in [3.8, 4) is 23.0 Å². The second-order valence-electron chi connectivity index (χ2n) is 19.0. The smallest absolute Gasteiger partial charge is 0.408 e. The number of esters is 1. The number of nitrogens with zero attached hydrogens (tertiary/aromatic N) is 3. The molecular weight excluding hydrogens is 935 g/mol. The fraction of sp³-hybridized carbons (Fsp3) is 0.481. The Morgan fingerprint density at radius 3 is 1.93 bits per heavy atom. The molecule has 0 bridgehead atoms. The molecule has 12 rings (SSSR count). The number of phenols is 2.